The Morgan fingerprint density at radius 2 is 1.76 bits per heavy atom. The van der Waals surface area contributed by atoms with E-state index in [0.29, 0.717) is 12.4 Å². The summed E-state index contributed by atoms with van der Waals surface area (Å²) in [7, 11) is 0. The van der Waals surface area contributed by atoms with Gasteiger partial charge in [-0.25, -0.2) is 4.79 Å². The lowest BCUT2D eigenvalue weighted by molar-refractivity contribution is -0.276. The van der Waals surface area contributed by atoms with Crippen molar-refractivity contribution in [3.05, 3.63) is 18.0 Å². The summed E-state index contributed by atoms with van der Waals surface area (Å²) < 4.78 is 51.5. The fraction of sp³-hybridized carbons (Fsp3) is 0.667. The van der Waals surface area contributed by atoms with E-state index in [-0.39, 0.29) is 22.3 Å². The number of nitrogens with zero attached hydrogens (tertiary/aromatic N) is 4. The van der Waals surface area contributed by atoms with Crippen molar-refractivity contribution in [3.8, 4) is 17.4 Å². The predicted octanol–water partition coefficient (Wildman–Crippen LogP) is 4.54. The molecule has 0 aromatic carbocycles. The molecule has 2 bridgehead atoms. The van der Waals surface area contributed by atoms with Crippen LogP contribution in [0.1, 0.15) is 65.2 Å². The molecular weight excluding hydrogens is 443 g/mol. The van der Waals surface area contributed by atoms with E-state index in [2.05, 4.69) is 30.4 Å². The number of ether oxygens (including phenoxy) is 2. The highest BCUT2D eigenvalue weighted by Gasteiger charge is 2.52. The van der Waals surface area contributed by atoms with Gasteiger partial charge in [0.25, 0.3) is 0 Å². The maximum atomic E-state index is 12.3. The molecule has 0 spiro atoms. The highest BCUT2D eigenvalue weighted by Crippen LogP contribution is 2.57. The number of alkyl halides is 3. The zero-order chi connectivity index (χ0) is 23.9. The van der Waals surface area contributed by atoms with Crippen LogP contribution in [0.15, 0.2) is 16.7 Å². The molecule has 1 amide bonds. The van der Waals surface area contributed by atoms with Crippen molar-refractivity contribution in [3.63, 3.8) is 0 Å². The van der Waals surface area contributed by atoms with E-state index in [1.54, 1.807) is 0 Å². The lowest BCUT2D eigenvalue weighted by Crippen LogP contribution is -2.49. The predicted molar refractivity (Wildman–Crippen MR) is 108 cm³/mol. The smallest absolute Gasteiger partial charge is 0.444 e. The topological polar surface area (TPSA) is 112 Å². The van der Waals surface area contributed by atoms with E-state index in [9.17, 15) is 18.0 Å². The minimum Gasteiger partial charge on any atom is -0.444 e. The molecule has 0 saturated heterocycles. The molecule has 3 saturated carbocycles. The summed E-state index contributed by atoms with van der Waals surface area (Å²) in [6.45, 7) is 6.05. The Balaban J connectivity index is 1.38. The van der Waals surface area contributed by atoms with Crippen LogP contribution in [0.5, 0.6) is 5.88 Å². The lowest BCUT2D eigenvalue weighted by Gasteiger charge is -2.51. The molecule has 2 aromatic rings. The first-order chi connectivity index (χ1) is 15.4. The van der Waals surface area contributed by atoms with Gasteiger partial charge in [-0.2, -0.15) is 4.98 Å². The molecule has 5 rings (SSSR count). The van der Waals surface area contributed by atoms with Gasteiger partial charge in [-0.3, -0.25) is 0 Å². The highest BCUT2D eigenvalue weighted by molar-refractivity contribution is 5.67. The van der Waals surface area contributed by atoms with Crippen molar-refractivity contribution in [2.24, 2.45) is 5.41 Å². The fourth-order valence-electron chi connectivity index (χ4n) is 4.58. The van der Waals surface area contributed by atoms with Crippen LogP contribution in [0.4, 0.5) is 18.0 Å². The van der Waals surface area contributed by atoms with Gasteiger partial charge in [-0.1, -0.05) is 5.16 Å². The average Bonchev–Trinajstić information content (AvgIpc) is 3.23. The molecule has 1 N–H and O–H groups in total. The van der Waals surface area contributed by atoms with Crippen LogP contribution in [-0.2, 0) is 10.2 Å². The van der Waals surface area contributed by atoms with Gasteiger partial charge in [0.1, 0.15) is 11.3 Å². The molecule has 3 aliphatic rings. The third kappa shape index (κ3) is 5.36. The van der Waals surface area contributed by atoms with Crippen LogP contribution in [0.2, 0.25) is 0 Å². The third-order valence-corrected chi connectivity index (χ3v) is 6.38. The first-order valence-corrected chi connectivity index (χ1v) is 10.8. The van der Waals surface area contributed by atoms with Gasteiger partial charge in [0.05, 0.1) is 0 Å². The first-order valence-electron chi connectivity index (χ1n) is 10.8. The summed E-state index contributed by atoms with van der Waals surface area (Å²) >= 11 is 0. The Bertz CT molecular complexity index is 976. The Kier molecular flexibility index (Phi) is 5.73. The molecule has 0 radical (unpaired) electrons. The highest BCUT2D eigenvalue weighted by atomic mass is 19.4. The Morgan fingerprint density at radius 1 is 1.09 bits per heavy atom. The van der Waals surface area contributed by atoms with Crippen LogP contribution >= 0.6 is 0 Å². The largest absolute Gasteiger partial charge is 0.574 e. The summed E-state index contributed by atoms with van der Waals surface area (Å²) in [5, 5.41) is 14.0. The zero-order valence-corrected chi connectivity index (χ0v) is 18.7. The first kappa shape index (κ1) is 23.2. The summed E-state index contributed by atoms with van der Waals surface area (Å²) in [5.74, 6) is 0.00668. The van der Waals surface area contributed by atoms with Gasteiger partial charge in [0.2, 0.25) is 17.6 Å². The second-order valence-corrected chi connectivity index (χ2v) is 9.86. The maximum absolute atomic E-state index is 12.3. The Morgan fingerprint density at radius 3 is 2.30 bits per heavy atom. The van der Waals surface area contributed by atoms with Gasteiger partial charge in [-0.05, 0) is 70.8 Å². The Labute approximate surface area is 188 Å². The van der Waals surface area contributed by atoms with Gasteiger partial charge in [0, 0.05) is 18.0 Å². The van der Waals surface area contributed by atoms with Gasteiger partial charge in [0.15, 0.2) is 0 Å². The summed E-state index contributed by atoms with van der Waals surface area (Å²) in [6, 6.07) is 2.35. The molecule has 0 unspecified atom stereocenters. The van der Waals surface area contributed by atoms with Crippen molar-refractivity contribution in [1.82, 2.24) is 25.7 Å². The molecule has 2 heterocycles. The van der Waals surface area contributed by atoms with E-state index in [0.717, 1.165) is 44.6 Å². The molecule has 3 aliphatic carbocycles. The second kappa shape index (κ2) is 8.14. The molecule has 2 aromatic heterocycles. The zero-order valence-electron chi connectivity index (χ0n) is 18.7. The van der Waals surface area contributed by atoms with Crippen LogP contribution in [-0.4, -0.2) is 44.9 Å². The van der Waals surface area contributed by atoms with Gasteiger partial charge >= 0.3 is 12.5 Å². The Hall–Kier alpha value is -2.92. The molecular formula is C21H26F3N5O4. The van der Waals surface area contributed by atoms with E-state index in [1.165, 1.54) is 6.07 Å². The monoisotopic (exact) mass is 469 g/mol. The number of aromatic nitrogens is 4. The number of fused-ring (bicyclic) bond motifs is 3. The SMILES string of the molecule is CC(C)(C)OC(=O)NCC12CCC(c3nc(-c4ccc(OC(F)(F)F)nn4)no3)(CC1)CC2. The second-order valence-electron chi connectivity index (χ2n) is 9.86. The maximum Gasteiger partial charge on any atom is 0.574 e. The van der Waals surface area contributed by atoms with E-state index in [1.807, 2.05) is 20.8 Å². The van der Waals surface area contributed by atoms with Gasteiger partial charge < -0.3 is 19.3 Å². The average molecular weight is 469 g/mol. The van der Waals surface area contributed by atoms with E-state index < -0.39 is 23.9 Å². The number of hydrogen-bond acceptors (Lipinski definition) is 8. The molecule has 12 heteroatoms. The van der Waals surface area contributed by atoms with Crippen LogP contribution in [0.3, 0.4) is 0 Å². The standard InChI is InChI=1S/C21H26F3N5O4/c1-18(2,3)32-17(30)25-12-19-6-9-20(10-7-19,11-8-19)16-26-15(29-33-16)13-4-5-14(28-27-13)31-21(22,23)24/h4-5H,6-12H2,1-3H3,(H,25,30). The number of carbonyl (C=O) groups excluding carboxylic acids is 1. The normalized spacial score (nSPS) is 25.0. The van der Waals surface area contributed by atoms with Crippen molar-refractivity contribution >= 4 is 6.09 Å². The minimum absolute atomic E-state index is 0.0291. The van der Waals surface area contributed by atoms with Crippen molar-refractivity contribution in [2.45, 2.75) is 76.7 Å². The van der Waals surface area contributed by atoms with Crippen LogP contribution < -0.4 is 10.1 Å². The number of alkyl carbamates (subject to hydrolysis) is 1. The minimum atomic E-state index is -4.84. The summed E-state index contributed by atoms with van der Waals surface area (Å²) in [6.07, 6.45) is -0.00229. The van der Waals surface area contributed by atoms with Crippen molar-refractivity contribution in [2.75, 3.05) is 6.54 Å². The summed E-state index contributed by atoms with van der Waals surface area (Å²) in [5.41, 5.74) is -0.562. The summed E-state index contributed by atoms with van der Waals surface area (Å²) in [4.78, 5) is 16.5. The van der Waals surface area contributed by atoms with Crippen LogP contribution in [0, 0.1) is 5.41 Å². The quantitative estimate of drug-likeness (QED) is 0.679. The fourth-order valence-corrected chi connectivity index (χ4v) is 4.58. The van der Waals surface area contributed by atoms with E-state index >= 15 is 0 Å². The number of hydrogen-bond donors (Lipinski definition) is 1. The molecule has 0 aliphatic heterocycles. The molecule has 180 valence electrons. The molecule has 9 nitrogen and oxygen atoms in total. The van der Waals surface area contributed by atoms with Crippen molar-refractivity contribution in [1.29, 1.82) is 0 Å². The van der Waals surface area contributed by atoms with E-state index in [4.69, 9.17) is 9.26 Å². The number of amides is 1. The number of nitrogens with one attached hydrogen (secondary N) is 1. The van der Waals surface area contributed by atoms with Gasteiger partial charge in [-0.15, -0.1) is 23.4 Å². The van der Waals surface area contributed by atoms with Crippen molar-refractivity contribution < 1.29 is 32.0 Å². The third-order valence-electron chi connectivity index (χ3n) is 6.38. The molecule has 33 heavy (non-hydrogen) atoms. The molecule has 0 atom stereocenters. The lowest BCUT2D eigenvalue weighted by atomic mass is 9.53. The number of halogens is 3. The van der Waals surface area contributed by atoms with Crippen LogP contribution in [0.25, 0.3) is 11.5 Å². The molecule has 3 fully saturated rings. The number of rotatable bonds is 5. The number of carbonyl (C=O) groups is 1.